The first-order valence-corrected chi connectivity index (χ1v) is 9.67. The van der Waals surface area contributed by atoms with Crippen molar-refractivity contribution in [1.29, 1.82) is 0 Å². The predicted molar refractivity (Wildman–Crippen MR) is 117 cm³/mol. The minimum atomic E-state index is -0.997. The maximum atomic E-state index is 11.8. The zero-order valence-corrected chi connectivity index (χ0v) is 17.3. The minimum Gasteiger partial charge on any atom is -0.478 e. The van der Waals surface area contributed by atoms with E-state index in [1.165, 1.54) is 7.11 Å². The first kappa shape index (κ1) is 20.1. The van der Waals surface area contributed by atoms with Crippen molar-refractivity contribution in [2.45, 2.75) is 19.9 Å². The van der Waals surface area contributed by atoms with Crippen LogP contribution in [0.1, 0.15) is 41.4 Å². The Morgan fingerprint density at radius 2 is 1.94 bits per heavy atom. The molecule has 0 aliphatic carbocycles. The molecule has 0 bridgehead atoms. The fourth-order valence-corrected chi connectivity index (χ4v) is 3.55. The van der Waals surface area contributed by atoms with Crippen molar-refractivity contribution in [2.24, 2.45) is 0 Å². The number of aromatic carboxylic acids is 1. The Morgan fingerprint density at radius 1 is 1.16 bits per heavy atom. The van der Waals surface area contributed by atoms with Crippen molar-refractivity contribution >= 4 is 16.9 Å². The molecule has 0 aliphatic rings. The molecule has 1 N–H and O–H groups in total. The second-order valence-corrected chi connectivity index (χ2v) is 6.92. The summed E-state index contributed by atoms with van der Waals surface area (Å²) >= 11 is 0. The lowest BCUT2D eigenvalue weighted by atomic mass is 10.0. The third-order valence-corrected chi connectivity index (χ3v) is 5.12. The van der Waals surface area contributed by atoms with Crippen LogP contribution in [-0.4, -0.2) is 37.9 Å². The number of benzene rings is 2. The molecular formula is C24H20N4O3. The summed E-state index contributed by atoms with van der Waals surface area (Å²) < 4.78 is 6.83. The summed E-state index contributed by atoms with van der Waals surface area (Å²) in [6.45, 7) is 3.73. The number of methoxy groups -OCH3 is 1. The van der Waals surface area contributed by atoms with Gasteiger partial charge in [0.1, 0.15) is 0 Å². The summed E-state index contributed by atoms with van der Waals surface area (Å²) in [6.07, 6.45) is 3.33. The molecule has 7 nitrogen and oxygen atoms in total. The smallest absolute Gasteiger partial charge is 0.337 e. The van der Waals surface area contributed by atoms with Gasteiger partial charge < -0.3 is 9.84 Å². The van der Waals surface area contributed by atoms with E-state index < -0.39 is 5.97 Å². The average molecular weight is 412 g/mol. The van der Waals surface area contributed by atoms with Crippen molar-refractivity contribution < 1.29 is 14.6 Å². The number of hydrogen-bond donors (Lipinski definition) is 1. The van der Waals surface area contributed by atoms with Crippen molar-refractivity contribution in [3.05, 3.63) is 71.5 Å². The van der Waals surface area contributed by atoms with Crippen LogP contribution in [0.2, 0.25) is 0 Å². The number of carbonyl (C=O) groups is 1. The molecule has 0 saturated carbocycles. The topological polar surface area (TPSA) is 90.1 Å². The maximum absolute atomic E-state index is 11.8. The molecule has 4 aromatic rings. The third-order valence-electron chi connectivity index (χ3n) is 5.12. The van der Waals surface area contributed by atoms with E-state index in [1.807, 2.05) is 37.3 Å². The lowest BCUT2D eigenvalue weighted by molar-refractivity contribution is 0.0698. The van der Waals surface area contributed by atoms with E-state index >= 15 is 0 Å². The van der Waals surface area contributed by atoms with Crippen LogP contribution in [0, 0.1) is 11.8 Å². The number of aromatic nitrogens is 4. The van der Waals surface area contributed by atoms with Crippen molar-refractivity contribution in [3.8, 4) is 29.1 Å². The van der Waals surface area contributed by atoms with Gasteiger partial charge >= 0.3 is 12.0 Å². The summed E-state index contributed by atoms with van der Waals surface area (Å²) in [7, 11) is 1.53. The van der Waals surface area contributed by atoms with Crippen LogP contribution in [0.15, 0.2) is 54.9 Å². The monoisotopic (exact) mass is 412 g/mol. The number of carboxylic acid groups (broad SMARTS) is 1. The highest BCUT2D eigenvalue weighted by molar-refractivity contribution is 6.03. The molecule has 0 fully saturated rings. The second-order valence-electron chi connectivity index (χ2n) is 6.92. The third kappa shape index (κ3) is 3.71. The minimum absolute atomic E-state index is 0.186. The zero-order chi connectivity index (χ0) is 22.0. The van der Waals surface area contributed by atoms with Gasteiger partial charge in [0.15, 0.2) is 0 Å². The lowest BCUT2D eigenvalue weighted by Crippen LogP contribution is -2.11. The highest BCUT2D eigenvalue weighted by Gasteiger charge is 2.20. The van der Waals surface area contributed by atoms with Crippen LogP contribution >= 0.6 is 0 Å². The van der Waals surface area contributed by atoms with Gasteiger partial charge in [-0.25, -0.2) is 9.78 Å². The molecule has 0 aliphatic heterocycles. The second kappa shape index (κ2) is 8.28. The van der Waals surface area contributed by atoms with Crippen molar-refractivity contribution in [3.63, 3.8) is 0 Å². The standard InChI is InChI=1S/C24H20N4O3/c1-4-5-17-10-11-19(23(29)30)22-20(17)14-26-28(22)15(2)16-6-8-18(9-7-16)21-12-13-25-24(27-21)31-3/h6-15H,1-3H3,(H,29,30)/t15-/m0/s1. The Bertz CT molecular complexity index is 1330. The van der Waals surface area contributed by atoms with Gasteiger partial charge in [-0.1, -0.05) is 30.2 Å². The van der Waals surface area contributed by atoms with Gasteiger partial charge in [-0.3, -0.25) is 4.68 Å². The lowest BCUT2D eigenvalue weighted by Gasteiger charge is -2.16. The molecule has 0 unspecified atom stereocenters. The van der Waals surface area contributed by atoms with Gasteiger partial charge in [-0.05, 0) is 37.6 Å². The van der Waals surface area contributed by atoms with E-state index in [0.717, 1.165) is 27.8 Å². The maximum Gasteiger partial charge on any atom is 0.337 e. The van der Waals surface area contributed by atoms with Crippen LogP contribution in [0.3, 0.4) is 0 Å². The zero-order valence-electron chi connectivity index (χ0n) is 17.3. The van der Waals surface area contributed by atoms with Gasteiger partial charge in [0.2, 0.25) is 0 Å². The van der Waals surface area contributed by atoms with Crippen LogP contribution in [-0.2, 0) is 0 Å². The first-order chi connectivity index (χ1) is 15.0. The molecule has 4 rings (SSSR count). The molecule has 0 saturated heterocycles. The summed E-state index contributed by atoms with van der Waals surface area (Å²) in [5.74, 6) is 4.90. The highest BCUT2D eigenvalue weighted by atomic mass is 16.5. The Hall–Kier alpha value is -4.18. The number of carboxylic acids is 1. The van der Waals surface area contributed by atoms with Crippen molar-refractivity contribution in [2.75, 3.05) is 7.11 Å². The van der Waals surface area contributed by atoms with E-state index in [2.05, 4.69) is 26.9 Å². The molecule has 7 heteroatoms. The normalized spacial score (nSPS) is 11.6. The number of fused-ring (bicyclic) bond motifs is 1. The van der Waals surface area contributed by atoms with Crippen molar-refractivity contribution in [1.82, 2.24) is 19.7 Å². The van der Waals surface area contributed by atoms with E-state index in [1.54, 1.807) is 36.1 Å². The Balaban J connectivity index is 1.75. The van der Waals surface area contributed by atoms with E-state index in [-0.39, 0.29) is 11.6 Å². The molecule has 2 heterocycles. The van der Waals surface area contributed by atoms with Gasteiger partial charge in [0, 0.05) is 22.7 Å². The van der Waals surface area contributed by atoms with E-state index in [9.17, 15) is 9.90 Å². The number of hydrogen-bond acceptors (Lipinski definition) is 5. The Morgan fingerprint density at radius 3 is 2.61 bits per heavy atom. The van der Waals surface area contributed by atoms with Gasteiger partial charge in [-0.15, -0.1) is 5.92 Å². The average Bonchev–Trinajstić information content (AvgIpc) is 3.24. The van der Waals surface area contributed by atoms with Crippen LogP contribution in [0.5, 0.6) is 6.01 Å². The number of rotatable bonds is 5. The molecule has 2 aromatic heterocycles. The summed E-state index contributed by atoms with van der Waals surface area (Å²) in [5, 5.41) is 14.9. The first-order valence-electron chi connectivity index (χ1n) is 9.67. The van der Waals surface area contributed by atoms with Crippen LogP contribution in [0.25, 0.3) is 22.2 Å². The van der Waals surface area contributed by atoms with Gasteiger partial charge in [-0.2, -0.15) is 10.1 Å². The molecule has 2 aromatic carbocycles. The highest BCUT2D eigenvalue weighted by Crippen LogP contribution is 2.29. The van der Waals surface area contributed by atoms with Crippen LogP contribution in [0.4, 0.5) is 0 Å². The van der Waals surface area contributed by atoms with E-state index in [0.29, 0.717) is 11.5 Å². The van der Waals surface area contributed by atoms with Crippen LogP contribution < -0.4 is 4.74 Å². The largest absolute Gasteiger partial charge is 0.478 e. The molecule has 0 amide bonds. The molecule has 0 spiro atoms. The molecule has 0 radical (unpaired) electrons. The Labute approximate surface area is 179 Å². The molecule has 1 atom stereocenters. The quantitative estimate of drug-likeness (QED) is 0.495. The van der Waals surface area contributed by atoms with Gasteiger partial charge in [0.25, 0.3) is 0 Å². The fourth-order valence-electron chi connectivity index (χ4n) is 3.55. The number of ether oxygens (including phenoxy) is 1. The number of nitrogens with zero attached hydrogens (tertiary/aromatic N) is 4. The molecule has 154 valence electrons. The summed E-state index contributed by atoms with van der Waals surface area (Å²) in [5.41, 5.74) is 4.18. The SMILES string of the molecule is CC#Cc1ccc(C(=O)O)c2c1cnn2[C@@H](C)c1ccc(-c2ccnc(OC)n2)cc1. The van der Waals surface area contributed by atoms with Gasteiger partial charge in [0.05, 0.1) is 36.1 Å². The Kier molecular flexibility index (Phi) is 5.37. The molecular weight excluding hydrogens is 392 g/mol. The van der Waals surface area contributed by atoms with E-state index in [4.69, 9.17) is 4.74 Å². The predicted octanol–water partition coefficient (Wildman–Crippen LogP) is 4.18. The fraction of sp³-hybridized carbons (Fsp3) is 0.167. The summed E-state index contributed by atoms with van der Waals surface area (Å²) in [4.78, 5) is 20.2. The molecule has 31 heavy (non-hydrogen) atoms. The summed E-state index contributed by atoms with van der Waals surface area (Å²) in [6, 6.07) is 13.1.